The molecule has 1 aliphatic rings. The predicted octanol–water partition coefficient (Wildman–Crippen LogP) is 4.15. The second kappa shape index (κ2) is 9.96. The number of nitrogens with one attached hydrogen (secondary N) is 2. The van der Waals surface area contributed by atoms with E-state index in [9.17, 15) is 9.59 Å². The molecule has 1 fully saturated rings. The van der Waals surface area contributed by atoms with Crippen molar-refractivity contribution in [1.29, 1.82) is 0 Å². The van der Waals surface area contributed by atoms with Gasteiger partial charge >= 0.3 is 0 Å². The summed E-state index contributed by atoms with van der Waals surface area (Å²) in [6.45, 7) is 0.0611. The number of nitrogens with two attached hydrogens (primary N) is 1. The molecule has 0 spiro atoms. The van der Waals surface area contributed by atoms with Crippen LogP contribution < -0.4 is 16.4 Å². The molecular weight excluding hydrogens is 426 g/mol. The van der Waals surface area contributed by atoms with Crippen molar-refractivity contribution in [1.82, 2.24) is 15.3 Å². The second-order valence-corrected chi connectivity index (χ2v) is 8.56. The van der Waals surface area contributed by atoms with E-state index in [4.69, 9.17) is 17.3 Å². The molecule has 2 aromatic heterocycles. The number of aryl methyl sites for hydroxylation is 1. The highest BCUT2D eigenvalue weighted by molar-refractivity contribution is 6.31. The normalized spacial score (nSPS) is 13.9. The van der Waals surface area contributed by atoms with Crippen LogP contribution in [0.4, 0.5) is 11.6 Å². The maximum Gasteiger partial charge on any atom is 0.239 e. The molecular formula is C24H26ClN5O2. The van der Waals surface area contributed by atoms with Gasteiger partial charge in [0.05, 0.1) is 17.1 Å². The molecule has 166 valence electrons. The Morgan fingerprint density at radius 2 is 1.94 bits per heavy atom. The summed E-state index contributed by atoms with van der Waals surface area (Å²) in [7, 11) is 0. The first-order chi connectivity index (χ1) is 15.5. The van der Waals surface area contributed by atoms with Crippen molar-refractivity contribution in [3.8, 4) is 0 Å². The summed E-state index contributed by atoms with van der Waals surface area (Å²) >= 11 is 6.09. The fourth-order valence-electron chi connectivity index (χ4n) is 4.10. The lowest BCUT2D eigenvalue weighted by Crippen LogP contribution is -2.37. The van der Waals surface area contributed by atoms with Gasteiger partial charge in [0.25, 0.3) is 0 Å². The first kappa shape index (κ1) is 22.0. The molecule has 0 radical (unpaired) electrons. The van der Waals surface area contributed by atoms with E-state index in [2.05, 4.69) is 20.6 Å². The average molecular weight is 452 g/mol. The van der Waals surface area contributed by atoms with Crippen LogP contribution in [0.3, 0.4) is 0 Å². The van der Waals surface area contributed by atoms with Gasteiger partial charge in [0.2, 0.25) is 5.91 Å². The van der Waals surface area contributed by atoms with Crippen molar-refractivity contribution < 1.29 is 9.59 Å². The van der Waals surface area contributed by atoms with Crippen LogP contribution in [0.15, 0.2) is 42.7 Å². The number of amides is 1. The topological polar surface area (TPSA) is 110 Å². The Morgan fingerprint density at radius 3 is 2.75 bits per heavy atom. The van der Waals surface area contributed by atoms with Crippen molar-refractivity contribution in [2.24, 2.45) is 0 Å². The Morgan fingerprint density at radius 1 is 1.12 bits per heavy atom. The molecule has 2 heterocycles. The zero-order valence-electron chi connectivity index (χ0n) is 17.7. The highest BCUT2D eigenvalue weighted by Crippen LogP contribution is 2.23. The number of hydrogen-bond donors (Lipinski definition) is 3. The van der Waals surface area contributed by atoms with Crippen molar-refractivity contribution in [2.75, 3.05) is 17.6 Å². The number of nitrogen functional groups attached to an aromatic ring is 1. The Kier molecular flexibility index (Phi) is 6.85. The number of ketones is 1. The number of rotatable bonds is 8. The van der Waals surface area contributed by atoms with Gasteiger partial charge in [-0.05, 0) is 42.3 Å². The zero-order chi connectivity index (χ0) is 22.5. The summed E-state index contributed by atoms with van der Waals surface area (Å²) in [5.41, 5.74) is 7.32. The average Bonchev–Trinajstić information content (AvgIpc) is 3.29. The van der Waals surface area contributed by atoms with Gasteiger partial charge in [0, 0.05) is 30.2 Å². The number of benzene rings is 1. The molecule has 1 amide bonds. The molecule has 4 rings (SSSR count). The number of pyridine rings is 2. The van der Waals surface area contributed by atoms with Gasteiger partial charge in [-0.2, -0.15) is 0 Å². The lowest BCUT2D eigenvalue weighted by Gasteiger charge is -2.14. The Bertz CT molecular complexity index is 1140. The van der Waals surface area contributed by atoms with Crippen molar-refractivity contribution in [3.63, 3.8) is 0 Å². The Labute approximate surface area is 191 Å². The molecule has 0 saturated heterocycles. The lowest BCUT2D eigenvalue weighted by molar-refractivity contribution is -0.120. The quantitative estimate of drug-likeness (QED) is 0.444. The third-order valence-electron chi connectivity index (χ3n) is 5.79. The highest BCUT2D eigenvalue weighted by atomic mass is 35.5. The number of aromatic nitrogens is 2. The summed E-state index contributed by atoms with van der Waals surface area (Å²) in [4.78, 5) is 33.5. The van der Waals surface area contributed by atoms with E-state index >= 15 is 0 Å². The van der Waals surface area contributed by atoms with Gasteiger partial charge in [-0.25, -0.2) is 9.97 Å². The monoisotopic (exact) mass is 451 g/mol. The number of nitrogens with zero attached hydrogens (tertiary/aromatic N) is 2. The van der Waals surface area contributed by atoms with Crippen LogP contribution in [-0.4, -0.2) is 34.2 Å². The Balaban J connectivity index is 1.40. The van der Waals surface area contributed by atoms with E-state index < -0.39 is 0 Å². The summed E-state index contributed by atoms with van der Waals surface area (Å²) in [6, 6.07) is 9.64. The van der Waals surface area contributed by atoms with Gasteiger partial charge in [0.1, 0.15) is 11.6 Å². The van der Waals surface area contributed by atoms with Crippen LogP contribution in [0.2, 0.25) is 5.02 Å². The molecule has 0 atom stereocenters. The van der Waals surface area contributed by atoms with E-state index in [1.165, 1.54) is 6.20 Å². The number of fused-ring (bicyclic) bond motifs is 1. The smallest absolute Gasteiger partial charge is 0.239 e. The largest absolute Gasteiger partial charge is 0.383 e. The lowest BCUT2D eigenvalue weighted by atomic mass is 10.0. The minimum atomic E-state index is -0.100. The molecule has 1 aromatic carbocycles. The number of carbonyl (C=O) groups excluding carboxylic acids is 2. The molecule has 3 aromatic rings. The van der Waals surface area contributed by atoms with E-state index in [0.29, 0.717) is 28.6 Å². The van der Waals surface area contributed by atoms with Crippen LogP contribution >= 0.6 is 11.6 Å². The zero-order valence-corrected chi connectivity index (χ0v) is 18.5. The van der Waals surface area contributed by atoms with Crippen molar-refractivity contribution in [2.45, 2.75) is 44.6 Å². The van der Waals surface area contributed by atoms with E-state index in [-0.39, 0.29) is 30.7 Å². The maximum atomic E-state index is 13.0. The first-order valence-corrected chi connectivity index (χ1v) is 11.2. The molecule has 4 N–H and O–H groups in total. The number of Topliss-reactive ketones (excluding diaryl/α,β-unsaturated/α-hetero) is 1. The minimum Gasteiger partial charge on any atom is -0.383 e. The van der Waals surface area contributed by atoms with Crippen molar-refractivity contribution >= 4 is 45.7 Å². The fraction of sp³-hybridized carbons (Fsp3) is 0.333. The summed E-state index contributed by atoms with van der Waals surface area (Å²) in [5.74, 6) is 0.672. The molecule has 7 nitrogen and oxygen atoms in total. The molecule has 8 heteroatoms. The summed E-state index contributed by atoms with van der Waals surface area (Å²) < 4.78 is 0. The van der Waals surface area contributed by atoms with E-state index in [1.54, 1.807) is 12.3 Å². The Hall–Kier alpha value is -3.19. The molecule has 0 bridgehead atoms. The molecule has 0 aliphatic heterocycles. The maximum absolute atomic E-state index is 13.0. The summed E-state index contributed by atoms with van der Waals surface area (Å²) in [6.07, 6.45) is 8.33. The predicted molar refractivity (Wildman–Crippen MR) is 127 cm³/mol. The van der Waals surface area contributed by atoms with E-state index in [0.717, 1.165) is 42.0 Å². The summed E-state index contributed by atoms with van der Waals surface area (Å²) in [5, 5.41) is 8.28. The van der Waals surface area contributed by atoms with Crippen LogP contribution in [0.25, 0.3) is 10.8 Å². The number of hydrogen-bond acceptors (Lipinski definition) is 6. The van der Waals surface area contributed by atoms with Crippen molar-refractivity contribution in [3.05, 3.63) is 58.9 Å². The standard InChI is InChI=1S/C24H26ClN5O2/c25-17-12-20(24(28-13-17)29-14-22(32)30-18-3-1-2-4-18)21(31)8-6-15-5-7-19-16(11-15)9-10-27-23(19)26/h5,7,9-13,18H,1-4,6,8,14H2,(H2,26,27)(H,28,29)(H,30,32). The van der Waals surface area contributed by atoms with Crippen LogP contribution in [0.1, 0.15) is 48.0 Å². The van der Waals surface area contributed by atoms with Gasteiger partial charge in [-0.15, -0.1) is 0 Å². The van der Waals surface area contributed by atoms with Gasteiger partial charge in [-0.1, -0.05) is 42.6 Å². The molecule has 0 unspecified atom stereocenters. The second-order valence-electron chi connectivity index (χ2n) is 8.13. The number of halogens is 1. The molecule has 1 aliphatic carbocycles. The minimum absolute atomic E-state index is 0.0611. The number of anilines is 2. The van der Waals surface area contributed by atoms with Crippen LogP contribution in [-0.2, 0) is 11.2 Å². The SMILES string of the molecule is Nc1nccc2cc(CCC(=O)c3cc(Cl)cnc3NCC(=O)NC3CCCC3)ccc12. The van der Waals surface area contributed by atoms with Gasteiger partial charge in [0.15, 0.2) is 5.78 Å². The number of carbonyl (C=O) groups is 2. The van der Waals surface area contributed by atoms with Gasteiger partial charge < -0.3 is 16.4 Å². The molecule has 32 heavy (non-hydrogen) atoms. The van der Waals surface area contributed by atoms with Crippen LogP contribution in [0.5, 0.6) is 0 Å². The fourth-order valence-corrected chi connectivity index (χ4v) is 4.26. The van der Waals surface area contributed by atoms with Crippen LogP contribution in [0, 0.1) is 0 Å². The highest BCUT2D eigenvalue weighted by Gasteiger charge is 2.18. The van der Waals surface area contributed by atoms with E-state index in [1.807, 2.05) is 24.3 Å². The first-order valence-electron chi connectivity index (χ1n) is 10.8. The molecule has 1 saturated carbocycles. The van der Waals surface area contributed by atoms with Gasteiger partial charge in [-0.3, -0.25) is 9.59 Å². The third-order valence-corrected chi connectivity index (χ3v) is 6.00. The third kappa shape index (κ3) is 5.34.